The topological polar surface area (TPSA) is 66.6 Å². The molecule has 0 aromatic carbocycles. The molecule has 2 aliphatic rings. The van der Waals surface area contributed by atoms with Crippen molar-refractivity contribution in [1.82, 2.24) is 4.90 Å². The lowest BCUT2D eigenvalue weighted by molar-refractivity contribution is -0.143. The molecule has 2 unspecified atom stereocenters. The number of nitrogens with two attached hydrogens (primary N) is 1. The fourth-order valence-corrected chi connectivity index (χ4v) is 3.89. The minimum atomic E-state index is -1.11. The van der Waals surface area contributed by atoms with Crippen molar-refractivity contribution in [1.29, 1.82) is 0 Å². The van der Waals surface area contributed by atoms with Gasteiger partial charge in [-0.15, -0.1) is 0 Å². The number of aliphatic carboxylic acids is 1. The van der Waals surface area contributed by atoms with Crippen LogP contribution in [0.15, 0.2) is 0 Å². The Bertz CT molecular complexity index is 325. The van der Waals surface area contributed by atoms with Crippen LogP contribution in [-0.2, 0) is 4.79 Å². The molecule has 4 heteroatoms. The quantitative estimate of drug-likeness (QED) is 0.820. The Hall–Kier alpha value is -0.610. The van der Waals surface area contributed by atoms with E-state index in [0.717, 1.165) is 13.1 Å². The van der Waals surface area contributed by atoms with Crippen molar-refractivity contribution in [3.05, 3.63) is 0 Å². The van der Waals surface area contributed by atoms with Crippen LogP contribution in [0.1, 0.15) is 58.8 Å². The largest absolute Gasteiger partial charge is 0.480 e. The molecule has 1 saturated carbocycles. The summed E-state index contributed by atoms with van der Waals surface area (Å²) in [5, 5.41) is 9.11. The highest BCUT2D eigenvalue weighted by Crippen LogP contribution is 2.46. The molecule has 0 bridgehead atoms. The highest BCUT2D eigenvalue weighted by Gasteiger charge is 2.39. The zero-order valence-electron chi connectivity index (χ0n) is 12.3. The normalized spacial score (nSPS) is 28.2. The predicted molar refractivity (Wildman–Crippen MR) is 76.0 cm³/mol. The summed E-state index contributed by atoms with van der Waals surface area (Å²) in [5.41, 5.74) is 5.37. The zero-order chi connectivity index (χ0) is 14.1. The third-order valence-corrected chi connectivity index (χ3v) is 5.35. The van der Waals surface area contributed by atoms with Crippen LogP contribution in [0.4, 0.5) is 0 Å². The molecular formula is C15H28N2O2. The first kappa shape index (κ1) is 14.8. The number of carboxylic acids is 1. The third kappa shape index (κ3) is 3.29. The molecule has 2 rings (SSSR count). The van der Waals surface area contributed by atoms with Gasteiger partial charge in [0.05, 0.1) is 0 Å². The van der Waals surface area contributed by atoms with E-state index in [1.54, 1.807) is 6.92 Å². The Morgan fingerprint density at radius 2 is 1.84 bits per heavy atom. The van der Waals surface area contributed by atoms with Gasteiger partial charge in [0.15, 0.2) is 0 Å². The Morgan fingerprint density at radius 3 is 2.32 bits per heavy atom. The molecule has 110 valence electrons. The third-order valence-electron chi connectivity index (χ3n) is 5.35. The summed E-state index contributed by atoms with van der Waals surface area (Å²) in [6.07, 6.45) is 8.69. The SMILES string of the molecule is CC(CC(C)(N)C(=O)O)N1CCC2(CCCC2)CC1. The monoisotopic (exact) mass is 268 g/mol. The second kappa shape index (κ2) is 5.41. The molecule has 1 saturated heterocycles. The Labute approximate surface area is 116 Å². The van der Waals surface area contributed by atoms with Gasteiger partial charge in [0.25, 0.3) is 0 Å². The molecule has 2 fully saturated rings. The number of carboxylic acid groups (broad SMARTS) is 1. The standard InChI is InChI=1S/C15H28N2O2/c1-12(11-14(2,16)13(18)19)17-9-7-15(8-10-17)5-3-4-6-15/h12H,3-11,16H2,1-2H3,(H,18,19). The molecule has 1 heterocycles. The summed E-state index contributed by atoms with van der Waals surface area (Å²) in [4.78, 5) is 13.5. The van der Waals surface area contributed by atoms with E-state index < -0.39 is 11.5 Å². The van der Waals surface area contributed by atoms with Gasteiger partial charge in [0, 0.05) is 6.04 Å². The van der Waals surface area contributed by atoms with Crippen LogP contribution in [-0.4, -0.2) is 40.6 Å². The van der Waals surface area contributed by atoms with E-state index in [0.29, 0.717) is 11.8 Å². The minimum absolute atomic E-state index is 0.254. The van der Waals surface area contributed by atoms with Gasteiger partial charge in [-0.25, -0.2) is 0 Å². The summed E-state index contributed by atoms with van der Waals surface area (Å²) in [6.45, 7) is 5.95. The summed E-state index contributed by atoms with van der Waals surface area (Å²) >= 11 is 0. The van der Waals surface area contributed by atoms with Gasteiger partial charge in [0.1, 0.15) is 5.54 Å². The number of piperidine rings is 1. The minimum Gasteiger partial charge on any atom is -0.480 e. The van der Waals surface area contributed by atoms with Gasteiger partial charge in [-0.3, -0.25) is 4.79 Å². The molecule has 1 aliphatic carbocycles. The van der Waals surface area contributed by atoms with Crippen LogP contribution in [0.25, 0.3) is 0 Å². The lowest BCUT2D eigenvalue weighted by Gasteiger charge is -2.43. The molecule has 4 nitrogen and oxygen atoms in total. The van der Waals surface area contributed by atoms with Crippen molar-refractivity contribution in [2.24, 2.45) is 11.1 Å². The molecular weight excluding hydrogens is 240 g/mol. The maximum absolute atomic E-state index is 11.1. The average Bonchev–Trinajstić information content (AvgIpc) is 2.77. The second-order valence-electron chi connectivity index (χ2n) is 7.02. The van der Waals surface area contributed by atoms with E-state index in [-0.39, 0.29) is 6.04 Å². The zero-order valence-corrected chi connectivity index (χ0v) is 12.3. The lowest BCUT2D eigenvalue weighted by Crippen LogP contribution is -2.52. The number of rotatable bonds is 4. The maximum atomic E-state index is 11.1. The fraction of sp³-hybridized carbons (Fsp3) is 0.933. The van der Waals surface area contributed by atoms with Crippen molar-refractivity contribution in [3.63, 3.8) is 0 Å². The van der Waals surface area contributed by atoms with Crippen LogP contribution in [0, 0.1) is 5.41 Å². The van der Waals surface area contributed by atoms with Crippen LogP contribution in [0.5, 0.6) is 0 Å². The lowest BCUT2D eigenvalue weighted by atomic mass is 9.76. The Kier molecular flexibility index (Phi) is 4.21. The Balaban J connectivity index is 1.85. The molecule has 0 amide bonds. The second-order valence-corrected chi connectivity index (χ2v) is 7.02. The number of likely N-dealkylation sites (tertiary alicyclic amines) is 1. The van der Waals surface area contributed by atoms with Gasteiger partial charge in [-0.2, -0.15) is 0 Å². The first-order valence-electron chi connectivity index (χ1n) is 7.61. The van der Waals surface area contributed by atoms with E-state index in [9.17, 15) is 4.79 Å². The van der Waals surface area contributed by atoms with Crippen molar-refractivity contribution in [3.8, 4) is 0 Å². The average molecular weight is 268 g/mol. The molecule has 3 N–H and O–H groups in total. The molecule has 2 atom stereocenters. The van der Waals surface area contributed by atoms with Crippen LogP contribution in [0.3, 0.4) is 0 Å². The summed E-state index contributed by atoms with van der Waals surface area (Å²) in [7, 11) is 0. The number of hydrogen-bond acceptors (Lipinski definition) is 3. The van der Waals surface area contributed by atoms with Crippen molar-refractivity contribution < 1.29 is 9.90 Å². The smallest absolute Gasteiger partial charge is 0.323 e. The predicted octanol–water partition coefficient (Wildman–Crippen LogP) is 2.22. The van der Waals surface area contributed by atoms with Gasteiger partial charge in [-0.05, 0) is 64.5 Å². The Morgan fingerprint density at radius 1 is 1.32 bits per heavy atom. The van der Waals surface area contributed by atoms with Crippen molar-refractivity contribution >= 4 is 5.97 Å². The van der Waals surface area contributed by atoms with E-state index in [1.807, 2.05) is 0 Å². The molecule has 19 heavy (non-hydrogen) atoms. The molecule has 1 spiro atoms. The fourth-order valence-electron chi connectivity index (χ4n) is 3.89. The number of hydrogen-bond donors (Lipinski definition) is 2. The van der Waals surface area contributed by atoms with E-state index >= 15 is 0 Å². The summed E-state index contributed by atoms with van der Waals surface area (Å²) in [6, 6.07) is 0.254. The van der Waals surface area contributed by atoms with Crippen molar-refractivity contribution in [2.45, 2.75) is 70.4 Å². The number of nitrogens with zero attached hydrogens (tertiary/aromatic N) is 1. The van der Waals surface area contributed by atoms with Crippen LogP contribution < -0.4 is 5.73 Å². The van der Waals surface area contributed by atoms with E-state index in [1.165, 1.54) is 38.5 Å². The highest BCUT2D eigenvalue weighted by molar-refractivity contribution is 5.77. The number of carbonyl (C=O) groups is 1. The van der Waals surface area contributed by atoms with Gasteiger partial charge < -0.3 is 15.7 Å². The summed E-state index contributed by atoms with van der Waals surface area (Å²) < 4.78 is 0. The van der Waals surface area contributed by atoms with Crippen LogP contribution >= 0.6 is 0 Å². The molecule has 0 radical (unpaired) electrons. The highest BCUT2D eigenvalue weighted by atomic mass is 16.4. The molecule has 0 aromatic rings. The molecule has 0 aromatic heterocycles. The van der Waals surface area contributed by atoms with Gasteiger partial charge in [-0.1, -0.05) is 12.8 Å². The van der Waals surface area contributed by atoms with Gasteiger partial charge in [0.2, 0.25) is 0 Å². The van der Waals surface area contributed by atoms with E-state index in [2.05, 4.69) is 11.8 Å². The first-order chi connectivity index (χ1) is 8.85. The first-order valence-corrected chi connectivity index (χ1v) is 7.61. The summed E-state index contributed by atoms with van der Waals surface area (Å²) in [5.74, 6) is -0.899. The van der Waals surface area contributed by atoms with E-state index in [4.69, 9.17) is 10.8 Å². The van der Waals surface area contributed by atoms with Gasteiger partial charge >= 0.3 is 5.97 Å². The molecule has 1 aliphatic heterocycles. The van der Waals surface area contributed by atoms with Crippen molar-refractivity contribution in [2.75, 3.05) is 13.1 Å². The van der Waals surface area contributed by atoms with Crippen LogP contribution in [0.2, 0.25) is 0 Å². The maximum Gasteiger partial charge on any atom is 0.323 e.